The van der Waals surface area contributed by atoms with Crippen LogP contribution in [0.2, 0.25) is 0 Å². The van der Waals surface area contributed by atoms with Gasteiger partial charge in [0, 0.05) is 11.1 Å². The summed E-state index contributed by atoms with van der Waals surface area (Å²) < 4.78 is 32.3. The third-order valence-corrected chi connectivity index (χ3v) is 8.72. The lowest BCUT2D eigenvalue weighted by Gasteiger charge is -2.32. The van der Waals surface area contributed by atoms with Crippen LogP contribution in [0, 0.1) is 0 Å². The highest BCUT2D eigenvalue weighted by molar-refractivity contribution is 7.54. The Morgan fingerprint density at radius 2 is 1.31 bits per heavy atom. The highest BCUT2D eigenvalue weighted by Gasteiger charge is 2.44. The first-order chi connectivity index (χ1) is 20.1. The molecule has 1 amide bonds. The largest absolute Gasteiger partial charge is 0.444 e. The number of rotatable bonds is 11. The summed E-state index contributed by atoms with van der Waals surface area (Å²) in [5, 5.41) is 4.85. The van der Waals surface area contributed by atoms with E-state index in [0.717, 1.165) is 21.9 Å². The number of carbonyl (C=O) groups excluding carboxylic acids is 1. The van der Waals surface area contributed by atoms with Gasteiger partial charge in [-0.2, -0.15) is 0 Å². The summed E-state index contributed by atoms with van der Waals surface area (Å²) >= 11 is 0. The monoisotopic (exact) mass is 586 g/mol. The summed E-state index contributed by atoms with van der Waals surface area (Å²) in [5.74, 6) is -1.16. The SMILES string of the molecule is CCOP(=O)(OCC)[C@H](N=C(c1ccccc1)c1ccccc1)[C@H](NC(=O)OC(C)(C)C)c1cccc2ccccc12. The fourth-order valence-corrected chi connectivity index (χ4v) is 6.74. The van der Waals surface area contributed by atoms with Crippen molar-refractivity contribution in [2.45, 2.75) is 52.0 Å². The Hall–Kier alpha value is -3.77. The summed E-state index contributed by atoms with van der Waals surface area (Å²) in [6, 6.07) is 32.1. The third-order valence-electron chi connectivity index (χ3n) is 6.43. The van der Waals surface area contributed by atoms with E-state index in [1.807, 2.05) is 103 Å². The number of carbonyl (C=O) groups is 1. The zero-order valence-electron chi connectivity index (χ0n) is 24.8. The lowest BCUT2D eigenvalue weighted by Crippen LogP contribution is -2.40. The number of ether oxygens (including phenoxy) is 1. The van der Waals surface area contributed by atoms with Crippen molar-refractivity contribution in [1.82, 2.24) is 5.32 Å². The second kappa shape index (κ2) is 13.9. The standard InChI is InChI=1S/C34H39N2O5P/c1-6-39-42(38,40-7-2)32(35-30(26-18-10-8-11-19-26)27-20-12-9-13-21-27)31(36-33(37)41-34(3,4)5)29-24-16-22-25-17-14-15-23-28(25)29/h8-24,31-32H,6-7H2,1-5H3,(H,36,37)/t31-,32+/m1/s1. The molecule has 1 N–H and O–H groups in total. The fourth-order valence-electron chi connectivity index (χ4n) is 4.79. The molecule has 0 fully saturated rings. The molecule has 0 unspecified atom stereocenters. The first-order valence-electron chi connectivity index (χ1n) is 14.2. The Labute approximate surface area is 248 Å². The predicted octanol–water partition coefficient (Wildman–Crippen LogP) is 8.54. The molecule has 0 bridgehead atoms. The van der Waals surface area contributed by atoms with Gasteiger partial charge in [0.1, 0.15) is 5.60 Å². The van der Waals surface area contributed by atoms with Crippen molar-refractivity contribution < 1.29 is 23.1 Å². The quantitative estimate of drug-likeness (QED) is 0.141. The van der Waals surface area contributed by atoms with Gasteiger partial charge in [0.2, 0.25) is 0 Å². The average molecular weight is 587 g/mol. The normalized spacial score (nSPS) is 13.3. The molecule has 0 saturated heterocycles. The lowest BCUT2D eigenvalue weighted by molar-refractivity contribution is 0.0500. The molecule has 7 nitrogen and oxygen atoms in total. The smallest absolute Gasteiger partial charge is 0.408 e. The van der Waals surface area contributed by atoms with Crippen molar-refractivity contribution >= 4 is 30.2 Å². The van der Waals surface area contributed by atoms with Gasteiger partial charge in [0.15, 0.2) is 5.78 Å². The van der Waals surface area contributed by atoms with Gasteiger partial charge in [-0.1, -0.05) is 103 Å². The molecule has 4 aromatic rings. The number of nitrogens with zero attached hydrogens (tertiary/aromatic N) is 1. The van der Waals surface area contributed by atoms with Crippen molar-refractivity contribution in [1.29, 1.82) is 0 Å². The van der Waals surface area contributed by atoms with E-state index in [2.05, 4.69) is 5.32 Å². The van der Waals surface area contributed by atoms with E-state index >= 15 is 0 Å². The van der Waals surface area contributed by atoms with Gasteiger partial charge < -0.3 is 19.1 Å². The molecule has 2 atom stereocenters. The van der Waals surface area contributed by atoms with Crippen molar-refractivity contribution in [3.05, 3.63) is 120 Å². The number of hydrogen-bond donors (Lipinski definition) is 1. The Morgan fingerprint density at radius 3 is 1.86 bits per heavy atom. The number of hydrogen-bond acceptors (Lipinski definition) is 6. The summed E-state index contributed by atoms with van der Waals surface area (Å²) in [6.07, 6.45) is -0.666. The zero-order chi connectivity index (χ0) is 30.2. The summed E-state index contributed by atoms with van der Waals surface area (Å²) in [6.45, 7) is 9.16. The topological polar surface area (TPSA) is 86.2 Å². The van der Waals surface area contributed by atoms with Crippen LogP contribution in [0.15, 0.2) is 108 Å². The van der Waals surface area contributed by atoms with Crippen LogP contribution >= 0.6 is 7.60 Å². The number of nitrogens with one attached hydrogen (secondary N) is 1. The Morgan fingerprint density at radius 1 is 0.786 bits per heavy atom. The number of amides is 1. The van der Waals surface area contributed by atoms with Gasteiger partial charge in [0.25, 0.3) is 0 Å². The van der Waals surface area contributed by atoms with Gasteiger partial charge in [-0.15, -0.1) is 0 Å². The molecule has 0 saturated carbocycles. The van der Waals surface area contributed by atoms with Crippen molar-refractivity contribution in [3.63, 3.8) is 0 Å². The molecule has 0 radical (unpaired) electrons. The Kier molecular flexibility index (Phi) is 10.3. The van der Waals surface area contributed by atoms with Crippen LogP contribution in [0.5, 0.6) is 0 Å². The molecular weight excluding hydrogens is 547 g/mol. The van der Waals surface area contributed by atoms with Crippen LogP contribution < -0.4 is 5.32 Å². The predicted molar refractivity (Wildman–Crippen MR) is 169 cm³/mol. The fraction of sp³-hybridized carbons (Fsp3) is 0.294. The van der Waals surface area contributed by atoms with Crippen LogP contribution in [-0.4, -0.2) is 36.4 Å². The molecule has 8 heteroatoms. The number of fused-ring (bicyclic) bond motifs is 1. The first-order valence-corrected chi connectivity index (χ1v) is 15.8. The Bertz CT molecular complexity index is 1490. The summed E-state index contributed by atoms with van der Waals surface area (Å²) in [5.41, 5.74) is 2.20. The van der Waals surface area contributed by atoms with E-state index < -0.39 is 31.1 Å². The molecule has 4 rings (SSSR count). The minimum Gasteiger partial charge on any atom is -0.444 e. The van der Waals surface area contributed by atoms with E-state index in [9.17, 15) is 9.36 Å². The molecular formula is C34H39N2O5P. The van der Waals surface area contributed by atoms with E-state index in [0.29, 0.717) is 11.3 Å². The lowest BCUT2D eigenvalue weighted by atomic mass is 9.98. The molecule has 0 aliphatic heterocycles. The van der Waals surface area contributed by atoms with Gasteiger partial charge in [-0.3, -0.25) is 9.56 Å². The minimum absolute atomic E-state index is 0.129. The molecule has 0 aliphatic carbocycles. The molecule has 42 heavy (non-hydrogen) atoms. The maximum absolute atomic E-state index is 14.8. The second-order valence-electron chi connectivity index (χ2n) is 10.7. The average Bonchev–Trinajstić information content (AvgIpc) is 2.97. The number of alkyl carbamates (subject to hydrolysis) is 1. The maximum atomic E-state index is 14.8. The zero-order valence-corrected chi connectivity index (χ0v) is 25.7. The number of aliphatic imine (C=N–C) groups is 1. The van der Waals surface area contributed by atoms with E-state index in [4.69, 9.17) is 18.8 Å². The maximum Gasteiger partial charge on any atom is 0.408 e. The third kappa shape index (κ3) is 7.74. The highest BCUT2D eigenvalue weighted by atomic mass is 31.2. The summed E-state index contributed by atoms with van der Waals surface area (Å²) in [4.78, 5) is 18.6. The molecule has 0 heterocycles. The van der Waals surface area contributed by atoms with Crippen LogP contribution in [0.4, 0.5) is 4.79 Å². The van der Waals surface area contributed by atoms with Crippen molar-refractivity contribution in [2.24, 2.45) is 4.99 Å². The van der Waals surface area contributed by atoms with E-state index in [-0.39, 0.29) is 13.2 Å². The molecule has 0 spiro atoms. The van der Waals surface area contributed by atoms with Gasteiger partial charge in [0.05, 0.1) is 25.0 Å². The summed E-state index contributed by atoms with van der Waals surface area (Å²) in [7, 11) is -3.99. The first kappa shape index (κ1) is 31.2. The molecule has 0 aromatic heterocycles. The van der Waals surface area contributed by atoms with E-state index in [1.54, 1.807) is 34.6 Å². The van der Waals surface area contributed by atoms with Crippen LogP contribution in [-0.2, 0) is 18.3 Å². The minimum atomic E-state index is -3.99. The van der Waals surface area contributed by atoms with Crippen molar-refractivity contribution in [3.8, 4) is 0 Å². The van der Waals surface area contributed by atoms with Crippen LogP contribution in [0.1, 0.15) is 57.4 Å². The number of benzene rings is 4. The van der Waals surface area contributed by atoms with E-state index in [1.165, 1.54) is 0 Å². The highest BCUT2D eigenvalue weighted by Crippen LogP contribution is 2.58. The van der Waals surface area contributed by atoms with Crippen LogP contribution in [0.3, 0.4) is 0 Å². The van der Waals surface area contributed by atoms with Crippen molar-refractivity contribution in [2.75, 3.05) is 13.2 Å². The van der Waals surface area contributed by atoms with Crippen LogP contribution in [0.25, 0.3) is 10.8 Å². The van der Waals surface area contributed by atoms with Gasteiger partial charge in [-0.25, -0.2) is 4.79 Å². The second-order valence-corrected chi connectivity index (χ2v) is 12.8. The molecule has 0 aliphatic rings. The van der Waals surface area contributed by atoms with Gasteiger partial charge in [-0.05, 0) is 51.0 Å². The Balaban J connectivity index is 2.03. The molecule has 220 valence electrons. The molecule has 4 aromatic carbocycles. The van der Waals surface area contributed by atoms with Gasteiger partial charge >= 0.3 is 13.7 Å².